The Bertz CT molecular complexity index is 1250. The van der Waals surface area contributed by atoms with Gasteiger partial charge in [0.1, 0.15) is 10.8 Å². The zero-order valence-electron chi connectivity index (χ0n) is 18.8. The van der Waals surface area contributed by atoms with Crippen molar-refractivity contribution in [3.8, 4) is 0 Å². The normalized spacial score (nSPS) is 12.1. The molecule has 0 saturated carbocycles. The zero-order chi connectivity index (χ0) is 25.3. The van der Waals surface area contributed by atoms with E-state index in [2.05, 4.69) is 30.8 Å². The maximum absolute atomic E-state index is 13.0. The second-order valence-electron chi connectivity index (χ2n) is 7.11. The third kappa shape index (κ3) is 9.07. The molecule has 2 aromatic heterocycles. The predicted molar refractivity (Wildman–Crippen MR) is 148 cm³/mol. The molecule has 0 radical (unpaired) electrons. The van der Waals surface area contributed by atoms with Gasteiger partial charge in [0.25, 0.3) is 0 Å². The van der Waals surface area contributed by atoms with Gasteiger partial charge < -0.3 is 21.4 Å². The van der Waals surface area contributed by atoms with Gasteiger partial charge in [-0.3, -0.25) is 0 Å². The Morgan fingerprint density at radius 1 is 1.14 bits per heavy atom. The van der Waals surface area contributed by atoms with Gasteiger partial charge in [-0.1, -0.05) is 34.5 Å². The number of nitrogen functional groups attached to an aromatic ring is 1. The van der Waals surface area contributed by atoms with Crippen LogP contribution in [0.15, 0.2) is 40.7 Å². The SMILES string of the molecule is Cc1nc[nH]c1CSCCNC(=CS(=O)(=O)c1ccc(Cl)c(Cl)c1)NCCSCc1nnc(N)s1. The van der Waals surface area contributed by atoms with Crippen LogP contribution in [-0.4, -0.2) is 53.2 Å². The maximum atomic E-state index is 13.0. The van der Waals surface area contributed by atoms with E-state index in [9.17, 15) is 8.42 Å². The quantitative estimate of drug-likeness (QED) is 0.202. The van der Waals surface area contributed by atoms with Crippen molar-refractivity contribution in [2.45, 2.75) is 23.3 Å². The molecule has 0 bridgehead atoms. The highest BCUT2D eigenvalue weighted by Gasteiger charge is 2.15. The smallest absolute Gasteiger partial charge is 0.203 e. The molecular weight excluding hydrogens is 569 g/mol. The van der Waals surface area contributed by atoms with Crippen LogP contribution in [0.2, 0.25) is 10.0 Å². The molecule has 190 valence electrons. The molecule has 35 heavy (non-hydrogen) atoms. The number of halogens is 2. The van der Waals surface area contributed by atoms with Crippen LogP contribution in [0.1, 0.15) is 16.4 Å². The number of thioether (sulfide) groups is 2. The molecule has 0 unspecified atom stereocenters. The number of aromatic amines is 1. The van der Waals surface area contributed by atoms with E-state index in [0.29, 0.717) is 34.8 Å². The highest BCUT2D eigenvalue weighted by molar-refractivity contribution is 7.98. The highest BCUT2D eigenvalue weighted by atomic mass is 35.5. The Hall–Kier alpha value is -1.64. The Labute approximate surface area is 227 Å². The van der Waals surface area contributed by atoms with Crippen molar-refractivity contribution in [1.82, 2.24) is 30.8 Å². The highest BCUT2D eigenvalue weighted by Crippen LogP contribution is 2.26. The summed E-state index contributed by atoms with van der Waals surface area (Å²) in [5, 5.41) is 17.1. The van der Waals surface area contributed by atoms with Gasteiger partial charge in [-0.05, 0) is 25.1 Å². The van der Waals surface area contributed by atoms with Crippen molar-refractivity contribution in [2.75, 3.05) is 30.3 Å². The molecule has 3 aromatic rings. The molecule has 15 heteroatoms. The number of H-pyrrole nitrogens is 1. The Balaban J connectivity index is 1.57. The lowest BCUT2D eigenvalue weighted by atomic mass is 10.4. The van der Waals surface area contributed by atoms with Crippen LogP contribution in [0.25, 0.3) is 0 Å². The summed E-state index contributed by atoms with van der Waals surface area (Å²) < 4.78 is 25.9. The van der Waals surface area contributed by atoms with Crippen molar-refractivity contribution in [3.63, 3.8) is 0 Å². The molecule has 9 nitrogen and oxygen atoms in total. The molecule has 0 saturated heterocycles. The first-order valence-corrected chi connectivity index (χ1v) is 15.8. The Morgan fingerprint density at radius 3 is 2.46 bits per heavy atom. The number of anilines is 1. The molecule has 0 spiro atoms. The van der Waals surface area contributed by atoms with Gasteiger partial charge in [0, 0.05) is 41.8 Å². The van der Waals surface area contributed by atoms with E-state index in [0.717, 1.165) is 33.7 Å². The average molecular weight is 595 g/mol. The van der Waals surface area contributed by atoms with Crippen LogP contribution in [0.3, 0.4) is 0 Å². The molecule has 0 aliphatic heterocycles. The summed E-state index contributed by atoms with van der Waals surface area (Å²) in [6.45, 7) is 3.08. The average Bonchev–Trinajstić information content (AvgIpc) is 3.42. The number of sulfone groups is 1. The molecule has 3 rings (SSSR count). The summed E-state index contributed by atoms with van der Waals surface area (Å²) in [6, 6.07) is 4.25. The number of nitrogens with zero attached hydrogens (tertiary/aromatic N) is 3. The van der Waals surface area contributed by atoms with Crippen LogP contribution in [0.4, 0.5) is 5.13 Å². The summed E-state index contributed by atoms with van der Waals surface area (Å²) in [6.07, 6.45) is 1.68. The number of aromatic nitrogens is 4. The lowest BCUT2D eigenvalue weighted by Crippen LogP contribution is -2.30. The molecule has 0 aliphatic rings. The summed E-state index contributed by atoms with van der Waals surface area (Å²) >= 11 is 16.7. The lowest BCUT2D eigenvalue weighted by molar-refractivity contribution is 0.603. The molecule has 1 aromatic carbocycles. The van der Waals surface area contributed by atoms with Crippen molar-refractivity contribution >= 4 is 73.0 Å². The second-order valence-corrected chi connectivity index (χ2v) is 13.0. The van der Waals surface area contributed by atoms with E-state index < -0.39 is 9.84 Å². The van der Waals surface area contributed by atoms with E-state index in [1.54, 1.807) is 29.9 Å². The van der Waals surface area contributed by atoms with Crippen LogP contribution in [-0.2, 0) is 21.3 Å². The van der Waals surface area contributed by atoms with Gasteiger partial charge in [-0.2, -0.15) is 23.5 Å². The predicted octanol–water partition coefficient (Wildman–Crippen LogP) is 4.08. The number of benzene rings is 1. The first-order chi connectivity index (χ1) is 16.7. The van der Waals surface area contributed by atoms with E-state index in [4.69, 9.17) is 28.9 Å². The van der Waals surface area contributed by atoms with Crippen LogP contribution in [0.5, 0.6) is 0 Å². The molecule has 0 amide bonds. The van der Waals surface area contributed by atoms with Crippen molar-refractivity contribution in [2.24, 2.45) is 0 Å². The van der Waals surface area contributed by atoms with Crippen molar-refractivity contribution in [3.05, 3.63) is 62.2 Å². The van der Waals surface area contributed by atoms with Gasteiger partial charge >= 0.3 is 0 Å². The molecule has 2 heterocycles. The lowest BCUT2D eigenvalue weighted by Gasteiger charge is -2.14. The maximum Gasteiger partial charge on any atom is 0.203 e. The fourth-order valence-electron chi connectivity index (χ4n) is 2.73. The van der Waals surface area contributed by atoms with E-state index in [1.807, 2.05) is 6.92 Å². The number of nitrogens with one attached hydrogen (secondary N) is 3. The fraction of sp³-hybridized carbons (Fsp3) is 0.350. The van der Waals surface area contributed by atoms with E-state index in [-0.39, 0.29) is 9.92 Å². The minimum Gasteiger partial charge on any atom is -0.374 e. The number of imidazole rings is 1. The third-order valence-corrected chi connectivity index (χ3v) is 9.59. The van der Waals surface area contributed by atoms with Gasteiger partial charge in [0.15, 0.2) is 0 Å². The molecule has 0 aliphatic carbocycles. The third-order valence-electron chi connectivity index (χ3n) is 4.50. The molecule has 0 fully saturated rings. The summed E-state index contributed by atoms with van der Waals surface area (Å²) in [7, 11) is -3.75. The van der Waals surface area contributed by atoms with Crippen LogP contribution in [0, 0.1) is 6.92 Å². The topological polar surface area (TPSA) is 139 Å². The number of nitrogens with two attached hydrogens (primary N) is 1. The minimum atomic E-state index is -3.75. The molecular formula is C20H25Cl2N7O2S4. The summed E-state index contributed by atoms with van der Waals surface area (Å²) in [4.78, 5) is 7.38. The first kappa shape index (κ1) is 27.9. The monoisotopic (exact) mass is 593 g/mol. The Morgan fingerprint density at radius 2 is 1.86 bits per heavy atom. The number of hydrogen-bond donors (Lipinski definition) is 4. The standard InChI is InChI=1S/C20H25Cl2N7O2S4/c1-13-17(27-12-26-13)9-32-6-4-24-18(25-5-7-33-10-19-28-29-20(23)34-19)11-35(30,31)14-2-3-15(21)16(22)8-14/h2-3,8,11-12,24-25H,4-7,9-10H2,1H3,(H2,23,29)(H,26,27). The van der Waals surface area contributed by atoms with Crippen LogP contribution < -0.4 is 16.4 Å². The summed E-state index contributed by atoms with van der Waals surface area (Å²) in [5.74, 6) is 3.41. The first-order valence-electron chi connectivity index (χ1n) is 10.4. The summed E-state index contributed by atoms with van der Waals surface area (Å²) in [5.41, 5.74) is 7.67. The molecule has 0 atom stereocenters. The Kier molecular flexibility index (Phi) is 10.9. The molecule has 5 N–H and O–H groups in total. The van der Waals surface area contributed by atoms with Crippen molar-refractivity contribution in [1.29, 1.82) is 0 Å². The van der Waals surface area contributed by atoms with Crippen LogP contribution >= 0.6 is 58.1 Å². The van der Waals surface area contributed by atoms with Gasteiger partial charge in [-0.25, -0.2) is 13.4 Å². The minimum absolute atomic E-state index is 0.0697. The largest absolute Gasteiger partial charge is 0.374 e. The van der Waals surface area contributed by atoms with Gasteiger partial charge in [0.05, 0.1) is 32.4 Å². The number of aryl methyl sites for hydroxylation is 1. The number of hydrogen-bond acceptors (Lipinski definition) is 11. The van der Waals surface area contributed by atoms with E-state index >= 15 is 0 Å². The van der Waals surface area contributed by atoms with Crippen molar-refractivity contribution < 1.29 is 8.42 Å². The number of rotatable bonds is 14. The fourth-order valence-corrected chi connectivity index (χ4v) is 6.65. The van der Waals surface area contributed by atoms with E-state index in [1.165, 1.54) is 34.9 Å². The van der Waals surface area contributed by atoms with Gasteiger partial charge in [-0.15, -0.1) is 10.2 Å². The zero-order valence-corrected chi connectivity index (χ0v) is 23.5. The van der Waals surface area contributed by atoms with Gasteiger partial charge in [0.2, 0.25) is 15.0 Å². The second kappa shape index (κ2) is 13.6.